The molecule has 0 fully saturated rings. The number of thiazole rings is 2. The van der Waals surface area contributed by atoms with E-state index in [1.54, 1.807) is 11.3 Å². The van der Waals surface area contributed by atoms with Crippen molar-refractivity contribution in [2.75, 3.05) is 18.0 Å². The van der Waals surface area contributed by atoms with Gasteiger partial charge < -0.3 is 14.8 Å². The van der Waals surface area contributed by atoms with Crippen molar-refractivity contribution < 1.29 is 9.36 Å². The molecular formula is C30H31N4O2S2+. The van der Waals surface area contributed by atoms with Gasteiger partial charge in [0.2, 0.25) is 12.1 Å². The second kappa shape index (κ2) is 11.3. The van der Waals surface area contributed by atoms with Crippen molar-refractivity contribution in [2.45, 2.75) is 33.9 Å². The van der Waals surface area contributed by atoms with Crippen molar-refractivity contribution in [3.05, 3.63) is 97.0 Å². The average molecular weight is 544 g/mol. The first-order chi connectivity index (χ1) is 18.5. The van der Waals surface area contributed by atoms with Crippen LogP contribution in [0.2, 0.25) is 0 Å². The van der Waals surface area contributed by atoms with Gasteiger partial charge in [-0.15, -0.1) is 0 Å². The number of carbonyl (C=O) groups is 1. The lowest BCUT2D eigenvalue weighted by Crippen LogP contribution is -2.44. The van der Waals surface area contributed by atoms with Crippen LogP contribution in [0.4, 0.5) is 5.69 Å². The lowest BCUT2D eigenvalue weighted by molar-refractivity contribution is -0.655. The first-order valence-corrected chi connectivity index (χ1v) is 14.5. The number of allylic oxidation sites excluding steroid dienone is 3. The minimum Gasteiger partial charge on any atom is -0.351 e. The van der Waals surface area contributed by atoms with E-state index >= 15 is 0 Å². The predicted octanol–water partition coefficient (Wildman–Crippen LogP) is 3.61. The highest BCUT2D eigenvalue weighted by Gasteiger charge is 2.22. The minimum atomic E-state index is -0.0298. The van der Waals surface area contributed by atoms with Gasteiger partial charge in [-0.1, -0.05) is 59.1 Å². The zero-order chi connectivity index (χ0) is 26.6. The van der Waals surface area contributed by atoms with Gasteiger partial charge in [0.15, 0.2) is 0 Å². The summed E-state index contributed by atoms with van der Waals surface area (Å²) in [5.41, 5.74) is 4.41. The molecule has 0 spiro atoms. The third kappa shape index (κ3) is 5.01. The molecule has 4 aromatic rings. The Morgan fingerprint density at radius 3 is 2.58 bits per heavy atom. The lowest BCUT2D eigenvalue weighted by Gasteiger charge is -2.26. The molecule has 0 radical (unpaired) electrons. The van der Waals surface area contributed by atoms with E-state index in [1.807, 2.05) is 54.0 Å². The van der Waals surface area contributed by atoms with E-state index in [-0.39, 0.29) is 17.2 Å². The van der Waals surface area contributed by atoms with Gasteiger partial charge >= 0.3 is 0 Å². The molecule has 6 nitrogen and oxygen atoms in total. The van der Waals surface area contributed by atoms with Gasteiger partial charge in [0.25, 0.3) is 15.7 Å². The summed E-state index contributed by atoms with van der Waals surface area (Å²) in [7, 11) is 0. The number of likely N-dealkylation sites (N-methyl/N-ethyl adjacent to an activating group) is 1. The monoisotopic (exact) mass is 543 g/mol. The Labute approximate surface area is 229 Å². The number of para-hydroxylation sites is 2. The summed E-state index contributed by atoms with van der Waals surface area (Å²) in [6.07, 6.45) is 10.2. The van der Waals surface area contributed by atoms with Crippen LogP contribution in [0.5, 0.6) is 0 Å². The van der Waals surface area contributed by atoms with Crippen LogP contribution in [0.15, 0.2) is 71.7 Å². The highest BCUT2D eigenvalue weighted by atomic mass is 32.1. The van der Waals surface area contributed by atoms with Crippen molar-refractivity contribution in [2.24, 2.45) is 0 Å². The van der Waals surface area contributed by atoms with E-state index in [9.17, 15) is 9.59 Å². The molecule has 0 aliphatic carbocycles. The van der Waals surface area contributed by atoms with Gasteiger partial charge in [0.1, 0.15) is 14.7 Å². The van der Waals surface area contributed by atoms with Crippen molar-refractivity contribution in [1.82, 2.24) is 9.88 Å². The van der Waals surface area contributed by atoms with Crippen LogP contribution >= 0.6 is 22.7 Å². The number of aromatic nitrogens is 2. The molecule has 0 saturated heterocycles. The zero-order valence-corrected chi connectivity index (χ0v) is 23.4. The van der Waals surface area contributed by atoms with Crippen LogP contribution < -0.4 is 29.5 Å². The molecule has 0 unspecified atom stereocenters. The Hall–Kier alpha value is -3.75. The second-order valence-electron chi connectivity index (χ2n) is 8.86. The molecule has 5 rings (SSSR count). The highest BCUT2D eigenvalue weighted by Crippen LogP contribution is 2.32. The molecule has 1 aliphatic rings. The summed E-state index contributed by atoms with van der Waals surface area (Å²) in [6.45, 7) is 8.49. The number of benzene rings is 2. The molecule has 0 atom stereocenters. The summed E-state index contributed by atoms with van der Waals surface area (Å²) in [5, 5.41) is 4.50. The maximum Gasteiger partial charge on any atom is 0.286 e. The van der Waals surface area contributed by atoms with E-state index in [2.05, 4.69) is 65.2 Å². The number of amides is 1. The van der Waals surface area contributed by atoms with Crippen molar-refractivity contribution in [1.29, 1.82) is 0 Å². The first kappa shape index (κ1) is 25.9. The fraction of sp³-hybridized carbons (Fsp3) is 0.233. The quantitative estimate of drug-likeness (QED) is 0.363. The molecule has 0 bridgehead atoms. The van der Waals surface area contributed by atoms with Crippen molar-refractivity contribution in [3.63, 3.8) is 0 Å². The van der Waals surface area contributed by atoms with Gasteiger partial charge in [0.05, 0.1) is 6.08 Å². The average Bonchev–Trinajstić information content (AvgIpc) is 3.42. The number of hydrogen-bond acceptors (Lipinski definition) is 5. The largest absolute Gasteiger partial charge is 0.351 e. The first-order valence-electron chi connectivity index (χ1n) is 12.9. The lowest BCUT2D eigenvalue weighted by atomic mass is 9.99. The summed E-state index contributed by atoms with van der Waals surface area (Å²) in [5.74, 6) is -0.0298. The Morgan fingerprint density at radius 2 is 1.79 bits per heavy atom. The van der Waals surface area contributed by atoms with Crippen molar-refractivity contribution in [3.8, 4) is 0 Å². The number of carbonyl (C=O) groups excluding carboxylic acids is 1. The molecule has 2 aromatic heterocycles. The molecule has 3 heterocycles. The topological polar surface area (TPSA) is 58.2 Å². The van der Waals surface area contributed by atoms with E-state index in [1.165, 1.54) is 17.0 Å². The summed E-state index contributed by atoms with van der Waals surface area (Å²) in [4.78, 5) is 27.9. The van der Waals surface area contributed by atoms with Gasteiger partial charge in [-0.2, -0.15) is 4.57 Å². The molecular weight excluding hydrogens is 512 g/mol. The Bertz CT molecular complexity index is 1740. The van der Waals surface area contributed by atoms with Gasteiger partial charge in [-0.05, 0) is 50.6 Å². The smallest absolute Gasteiger partial charge is 0.286 e. The third-order valence-corrected chi connectivity index (χ3v) is 8.61. The number of hydrogen-bond donors (Lipinski definition) is 1. The highest BCUT2D eigenvalue weighted by molar-refractivity contribution is 7.19. The Balaban J connectivity index is 1.62. The molecule has 1 amide bonds. The molecule has 1 aliphatic heterocycles. The normalized spacial score (nSPS) is 15.0. The maximum atomic E-state index is 13.2. The predicted molar refractivity (Wildman–Crippen MR) is 159 cm³/mol. The zero-order valence-electron chi connectivity index (χ0n) is 21.8. The van der Waals surface area contributed by atoms with Gasteiger partial charge in [0, 0.05) is 43.2 Å². The van der Waals surface area contributed by atoms with E-state index in [0.29, 0.717) is 18.4 Å². The molecule has 194 valence electrons. The van der Waals surface area contributed by atoms with E-state index in [4.69, 9.17) is 0 Å². The molecule has 0 saturated carbocycles. The second-order valence-corrected chi connectivity index (χ2v) is 10.9. The van der Waals surface area contributed by atoms with Crippen LogP contribution in [0.1, 0.15) is 31.3 Å². The molecule has 2 aromatic carbocycles. The fourth-order valence-electron chi connectivity index (χ4n) is 4.75. The number of rotatable bonds is 7. The van der Waals surface area contributed by atoms with Crippen molar-refractivity contribution >= 4 is 62.2 Å². The fourth-order valence-corrected chi connectivity index (χ4v) is 6.90. The Kier molecular flexibility index (Phi) is 7.72. The maximum absolute atomic E-state index is 13.2. The van der Waals surface area contributed by atoms with Crippen LogP contribution in [-0.4, -0.2) is 23.6 Å². The molecule has 1 N–H and O–H groups in total. The summed E-state index contributed by atoms with van der Waals surface area (Å²) >= 11 is 2.87. The van der Waals surface area contributed by atoms with Crippen LogP contribution in [0.3, 0.4) is 0 Å². The van der Waals surface area contributed by atoms with Gasteiger partial charge in [-0.25, -0.2) is 0 Å². The minimum absolute atomic E-state index is 0.0228. The molecule has 38 heavy (non-hydrogen) atoms. The Morgan fingerprint density at radius 1 is 1.00 bits per heavy atom. The number of anilines is 1. The van der Waals surface area contributed by atoms with Crippen LogP contribution in [-0.2, 0) is 17.9 Å². The molecule has 8 heteroatoms. The van der Waals surface area contributed by atoms with Crippen LogP contribution in [0.25, 0.3) is 27.9 Å². The number of nitrogens with one attached hydrogen (secondary N) is 1. The van der Waals surface area contributed by atoms with Crippen LogP contribution in [0, 0.1) is 0 Å². The summed E-state index contributed by atoms with van der Waals surface area (Å²) in [6, 6.07) is 16.4. The third-order valence-electron chi connectivity index (χ3n) is 6.56. The SMILES string of the molecule is CCNC(=O)C[n+]1c(C=c2sc(=O)c(=CC=C3C=CN(CC)c4ccccc43)n2CC)sc2ccccc21. The number of nitrogens with zero attached hydrogens (tertiary/aromatic N) is 3. The standard InChI is InChI=1S/C30H30N4O2S2/c1-4-31-27(35)20-34-24-13-9-10-14-26(24)37-29(34)19-28-33(6-3)25(30(36)38-28)16-15-21-17-18-32(5-2)23-12-8-7-11-22(21)23/h7-19H,4-6,20H2,1-3H3/p+1. The van der Waals surface area contributed by atoms with E-state index < -0.39 is 0 Å². The summed E-state index contributed by atoms with van der Waals surface area (Å²) < 4.78 is 6.08. The van der Waals surface area contributed by atoms with E-state index in [0.717, 1.165) is 37.6 Å². The number of fused-ring (bicyclic) bond motifs is 2. The van der Waals surface area contributed by atoms with Gasteiger partial charge in [-0.3, -0.25) is 9.59 Å².